The van der Waals surface area contributed by atoms with Gasteiger partial charge in [-0.1, -0.05) is 38.8 Å². The Balaban J connectivity index is 1.82. The molecule has 0 aromatic carbocycles. The summed E-state index contributed by atoms with van der Waals surface area (Å²) < 4.78 is 6.35. The average molecular weight is 333 g/mol. The van der Waals surface area contributed by atoms with Gasteiger partial charge in [-0.3, -0.25) is 4.79 Å². The van der Waals surface area contributed by atoms with E-state index < -0.39 is 5.41 Å². The van der Waals surface area contributed by atoms with E-state index >= 15 is 0 Å². The van der Waals surface area contributed by atoms with Crippen molar-refractivity contribution in [2.75, 3.05) is 0 Å². The van der Waals surface area contributed by atoms with E-state index in [0.717, 1.165) is 24.2 Å². The van der Waals surface area contributed by atoms with Gasteiger partial charge >= 0.3 is 5.97 Å². The van der Waals surface area contributed by atoms with Gasteiger partial charge in [0.15, 0.2) is 0 Å². The van der Waals surface area contributed by atoms with Gasteiger partial charge in [0.05, 0.1) is 5.41 Å². The van der Waals surface area contributed by atoms with Crippen molar-refractivity contribution in [3.8, 4) is 0 Å². The Hall–Kier alpha value is -0.790. The minimum atomic E-state index is -0.578. The van der Waals surface area contributed by atoms with Crippen LogP contribution in [0.2, 0.25) is 0 Å². The number of ether oxygens (including phenoxy) is 1. The molecular weight excluding hydrogens is 296 g/mol. The Labute approximate surface area is 148 Å². The fourth-order valence-corrected chi connectivity index (χ4v) is 5.98. The van der Waals surface area contributed by atoms with Crippen LogP contribution in [0.25, 0.3) is 0 Å². The third-order valence-electron chi connectivity index (χ3n) is 7.64. The summed E-state index contributed by atoms with van der Waals surface area (Å²) in [4.78, 5) is 13.3. The predicted molar refractivity (Wildman–Crippen MR) is 98.5 cm³/mol. The van der Waals surface area contributed by atoms with Gasteiger partial charge in [-0.15, -0.1) is 0 Å². The van der Waals surface area contributed by atoms with Gasteiger partial charge in [0, 0.05) is 5.92 Å². The lowest BCUT2D eigenvalue weighted by molar-refractivity contribution is -0.181. The van der Waals surface area contributed by atoms with E-state index in [9.17, 15) is 4.79 Å². The Morgan fingerprint density at radius 3 is 2.33 bits per heavy atom. The second-order valence-corrected chi connectivity index (χ2v) is 10.4. The summed E-state index contributed by atoms with van der Waals surface area (Å²) in [6.45, 7) is 14.8. The molecule has 2 heteroatoms. The van der Waals surface area contributed by atoms with E-state index in [4.69, 9.17) is 4.74 Å². The summed E-state index contributed by atoms with van der Waals surface area (Å²) in [7, 11) is 0. The molecule has 24 heavy (non-hydrogen) atoms. The van der Waals surface area contributed by atoms with Crippen molar-refractivity contribution < 1.29 is 9.53 Å². The summed E-state index contributed by atoms with van der Waals surface area (Å²) in [6, 6.07) is 0. The van der Waals surface area contributed by atoms with Crippen LogP contribution in [-0.2, 0) is 9.53 Å². The van der Waals surface area contributed by atoms with Crippen molar-refractivity contribution in [3.63, 3.8) is 0 Å². The van der Waals surface area contributed by atoms with Crippen LogP contribution in [0, 0.1) is 34.5 Å². The minimum Gasteiger partial charge on any atom is -0.458 e. The number of allylic oxidation sites excluding steroid dienone is 1. The molecule has 3 aliphatic rings. The molecule has 0 aromatic heterocycles. The molecular formula is C22H36O2. The molecule has 136 valence electrons. The number of esters is 1. The Bertz CT molecular complexity index is 551. The minimum absolute atomic E-state index is 0.0270. The summed E-state index contributed by atoms with van der Waals surface area (Å²) in [6.07, 6.45) is 8.62. The zero-order chi connectivity index (χ0) is 17.9. The highest BCUT2D eigenvalue weighted by molar-refractivity contribution is 5.80. The molecule has 0 saturated heterocycles. The highest BCUT2D eigenvalue weighted by atomic mass is 16.6. The molecule has 3 fully saturated rings. The molecule has 6 unspecified atom stereocenters. The van der Waals surface area contributed by atoms with Crippen molar-refractivity contribution in [1.82, 2.24) is 0 Å². The standard InChI is InChI=1S/C22H36O2/c1-14(2)12-21(6,20(3,4)5)19(23)24-22(7)13-15-11-18(22)17-10-8-9-16(15)17/h12,15-18H,8-11,13H2,1-7H3. The molecule has 3 saturated carbocycles. The maximum absolute atomic E-state index is 13.3. The summed E-state index contributed by atoms with van der Waals surface area (Å²) in [5, 5.41) is 0. The van der Waals surface area contributed by atoms with E-state index in [0.29, 0.717) is 5.92 Å². The quantitative estimate of drug-likeness (QED) is 0.485. The molecule has 6 atom stereocenters. The van der Waals surface area contributed by atoms with Crippen LogP contribution in [0.4, 0.5) is 0 Å². The van der Waals surface area contributed by atoms with E-state index in [1.807, 2.05) is 0 Å². The number of fused-ring (bicyclic) bond motifs is 5. The van der Waals surface area contributed by atoms with Crippen LogP contribution >= 0.6 is 0 Å². The maximum atomic E-state index is 13.3. The van der Waals surface area contributed by atoms with Crippen molar-refractivity contribution in [1.29, 1.82) is 0 Å². The smallest absolute Gasteiger partial charge is 0.316 e. The molecule has 3 aliphatic carbocycles. The number of hydrogen-bond acceptors (Lipinski definition) is 2. The van der Waals surface area contributed by atoms with Gasteiger partial charge in [-0.05, 0) is 76.5 Å². The Kier molecular flexibility index (Phi) is 4.21. The molecule has 0 amide bonds. The van der Waals surface area contributed by atoms with E-state index in [-0.39, 0.29) is 17.0 Å². The molecule has 0 radical (unpaired) electrons. The van der Waals surface area contributed by atoms with Crippen LogP contribution in [0.5, 0.6) is 0 Å². The van der Waals surface area contributed by atoms with Crippen molar-refractivity contribution >= 4 is 5.97 Å². The number of hydrogen-bond donors (Lipinski definition) is 0. The monoisotopic (exact) mass is 332 g/mol. The number of rotatable bonds is 3. The molecule has 3 rings (SSSR count). The fraction of sp³-hybridized carbons (Fsp3) is 0.864. The highest BCUT2D eigenvalue weighted by Gasteiger charge is 2.61. The summed E-state index contributed by atoms with van der Waals surface area (Å²) in [5.74, 6) is 3.10. The van der Waals surface area contributed by atoms with Crippen molar-refractivity contribution in [3.05, 3.63) is 11.6 Å². The summed E-state index contributed by atoms with van der Waals surface area (Å²) >= 11 is 0. The van der Waals surface area contributed by atoms with E-state index in [1.54, 1.807) is 0 Å². The fourth-order valence-electron chi connectivity index (χ4n) is 5.98. The van der Waals surface area contributed by atoms with Crippen LogP contribution in [-0.4, -0.2) is 11.6 Å². The Morgan fingerprint density at radius 2 is 1.75 bits per heavy atom. The maximum Gasteiger partial charge on any atom is 0.316 e. The zero-order valence-corrected chi connectivity index (χ0v) is 16.7. The molecule has 0 aliphatic heterocycles. The Morgan fingerprint density at radius 1 is 1.12 bits per heavy atom. The second kappa shape index (κ2) is 5.61. The third kappa shape index (κ3) is 2.65. The average Bonchev–Trinajstić information content (AvgIpc) is 3.06. The largest absolute Gasteiger partial charge is 0.458 e. The molecule has 2 nitrogen and oxygen atoms in total. The zero-order valence-electron chi connectivity index (χ0n) is 16.7. The van der Waals surface area contributed by atoms with E-state index in [1.165, 1.54) is 31.3 Å². The first kappa shape index (κ1) is 18.0. The first-order chi connectivity index (χ1) is 11.0. The lowest BCUT2D eigenvalue weighted by Crippen LogP contribution is -2.48. The molecule has 0 spiro atoms. The second-order valence-electron chi connectivity index (χ2n) is 10.4. The van der Waals surface area contributed by atoms with Crippen LogP contribution < -0.4 is 0 Å². The lowest BCUT2D eigenvalue weighted by Gasteiger charge is -2.44. The predicted octanol–water partition coefficient (Wildman–Crippen LogP) is 5.76. The highest BCUT2D eigenvalue weighted by Crippen LogP contribution is 2.63. The number of carbonyl (C=O) groups is 1. The molecule has 0 heterocycles. The van der Waals surface area contributed by atoms with Gasteiger partial charge in [0.25, 0.3) is 0 Å². The van der Waals surface area contributed by atoms with Crippen molar-refractivity contribution in [2.24, 2.45) is 34.5 Å². The van der Waals surface area contributed by atoms with Gasteiger partial charge in [-0.2, -0.15) is 0 Å². The number of carbonyl (C=O) groups excluding carboxylic acids is 1. The van der Waals surface area contributed by atoms with Crippen LogP contribution in [0.1, 0.15) is 80.6 Å². The van der Waals surface area contributed by atoms with Gasteiger partial charge in [0.1, 0.15) is 5.60 Å². The van der Waals surface area contributed by atoms with E-state index in [2.05, 4.69) is 54.5 Å². The van der Waals surface area contributed by atoms with Crippen molar-refractivity contribution in [2.45, 2.75) is 86.2 Å². The first-order valence-corrected chi connectivity index (χ1v) is 9.87. The van der Waals surface area contributed by atoms with Gasteiger partial charge in [-0.25, -0.2) is 0 Å². The normalized spacial score (nSPS) is 40.1. The molecule has 2 bridgehead atoms. The first-order valence-electron chi connectivity index (χ1n) is 9.87. The van der Waals surface area contributed by atoms with Gasteiger partial charge < -0.3 is 4.74 Å². The molecule has 0 N–H and O–H groups in total. The summed E-state index contributed by atoms with van der Waals surface area (Å²) in [5.41, 5.74) is 0.199. The lowest BCUT2D eigenvalue weighted by atomic mass is 9.66. The van der Waals surface area contributed by atoms with Crippen LogP contribution in [0.3, 0.4) is 0 Å². The molecule has 0 aromatic rings. The van der Waals surface area contributed by atoms with Gasteiger partial charge in [0.2, 0.25) is 0 Å². The van der Waals surface area contributed by atoms with Crippen LogP contribution in [0.15, 0.2) is 11.6 Å². The SMILES string of the molecule is CC(C)=CC(C)(C(=O)OC1(C)CC2CC1C1CCCC21)C(C)(C)C. The topological polar surface area (TPSA) is 26.3 Å². The third-order valence-corrected chi connectivity index (χ3v) is 7.64.